The molecule has 1 aromatic carbocycles. The van der Waals surface area contributed by atoms with Crippen LogP contribution in [0.5, 0.6) is 0 Å². The SMILES string of the molecule is CC(N)c1nnc(-c2ccc(Cl)c(Cl)c2)o1. The lowest BCUT2D eigenvalue weighted by Crippen LogP contribution is -2.04. The zero-order valence-electron chi connectivity index (χ0n) is 8.45. The van der Waals surface area contributed by atoms with Crippen LogP contribution in [0.15, 0.2) is 22.6 Å². The van der Waals surface area contributed by atoms with Crippen LogP contribution in [-0.2, 0) is 0 Å². The first-order valence-electron chi connectivity index (χ1n) is 4.62. The van der Waals surface area contributed by atoms with Gasteiger partial charge in [0.25, 0.3) is 0 Å². The molecule has 0 aliphatic heterocycles. The van der Waals surface area contributed by atoms with Crippen LogP contribution in [0.4, 0.5) is 0 Å². The summed E-state index contributed by atoms with van der Waals surface area (Å²) in [6.07, 6.45) is 0. The number of nitrogens with two attached hydrogens (primary N) is 1. The van der Waals surface area contributed by atoms with Crippen LogP contribution in [0.2, 0.25) is 10.0 Å². The van der Waals surface area contributed by atoms with E-state index in [0.29, 0.717) is 27.4 Å². The van der Waals surface area contributed by atoms with Crippen molar-refractivity contribution in [1.82, 2.24) is 10.2 Å². The highest BCUT2D eigenvalue weighted by atomic mass is 35.5. The average molecular weight is 258 g/mol. The van der Waals surface area contributed by atoms with Gasteiger partial charge in [0.1, 0.15) is 0 Å². The molecule has 1 atom stereocenters. The van der Waals surface area contributed by atoms with E-state index in [0.717, 1.165) is 0 Å². The van der Waals surface area contributed by atoms with Gasteiger partial charge in [-0.25, -0.2) is 0 Å². The predicted molar refractivity (Wildman–Crippen MR) is 62.4 cm³/mol. The van der Waals surface area contributed by atoms with Crippen LogP contribution in [0.1, 0.15) is 18.9 Å². The van der Waals surface area contributed by atoms with E-state index in [4.69, 9.17) is 33.4 Å². The Morgan fingerprint density at radius 3 is 2.56 bits per heavy atom. The Morgan fingerprint density at radius 1 is 1.25 bits per heavy atom. The Labute approximate surface area is 102 Å². The minimum absolute atomic E-state index is 0.288. The van der Waals surface area contributed by atoms with E-state index in [1.54, 1.807) is 25.1 Å². The quantitative estimate of drug-likeness (QED) is 0.898. The fourth-order valence-electron chi connectivity index (χ4n) is 1.16. The van der Waals surface area contributed by atoms with Crippen molar-refractivity contribution in [2.24, 2.45) is 5.73 Å². The third-order valence-corrected chi connectivity index (χ3v) is 2.74. The molecule has 16 heavy (non-hydrogen) atoms. The molecule has 1 unspecified atom stereocenters. The summed E-state index contributed by atoms with van der Waals surface area (Å²) in [4.78, 5) is 0. The summed E-state index contributed by atoms with van der Waals surface area (Å²) in [7, 11) is 0. The highest BCUT2D eigenvalue weighted by Crippen LogP contribution is 2.28. The highest BCUT2D eigenvalue weighted by molar-refractivity contribution is 6.42. The van der Waals surface area contributed by atoms with Gasteiger partial charge >= 0.3 is 0 Å². The number of halogens is 2. The zero-order valence-corrected chi connectivity index (χ0v) is 9.96. The Balaban J connectivity index is 2.39. The fourth-order valence-corrected chi connectivity index (χ4v) is 1.46. The van der Waals surface area contributed by atoms with E-state index >= 15 is 0 Å². The maximum Gasteiger partial charge on any atom is 0.247 e. The lowest BCUT2D eigenvalue weighted by Gasteiger charge is -1.98. The molecule has 1 heterocycles. The molecular weight excluding hydrogens is 249 g/mol. The van der Waals surface area contributed by atoms with Gasteiger partial charge in [-0.05, 0) is 25.1 Å². The van der Waals surface area contributed by atoms with Crippen molar-refractivity contribution in [2.75, 3.05) is 0 Å². The average Bonchev–Trinajstić information content (AvgIpc) is 2.71. The molecule has 0 bridgehead atoms. The van der Waals surface area contributed by atoms with Crippen molar-refractivity contribution in [3.8, 4) is 11.5 Å². The Kier molecular flexibility index (Phi) is 3.14. The molecule has 0 fully saturated rings. The fraction of sp³-hybridized carbons (Fsp3) is 0.200. The molecule has 0 amide bonds. The number of nitrogens with zero attached hydrogens (tertiary/aromatic N) is 2. The molecule has 1 aromatic heterocycles. The molecule has 6 heteroatoms. The summed E-state index contributed by atoms with van der Waals surface area (Å²) >= 11 is 11.7. The van der Waals surface area contributed by atoms with Gasteiger partial charge in [-0.2, -0.15) is 0 Å². The maximum absolute atomic E-state index is 5.89. The smallest absolute Gasteiger partial charge is 0.247 e. The topological polar surface area (TPSA) is 64.9 Å². The number of hydrogen-bond acceptors (Lipinski definition) is 4. The van der Waals surface area contributed by atoms with E-state index in [2.05, 4.69) is 10.2 Å². The van der Waals surface area contributed by atoms with Gasteiger partial charge < -0.3 is 10.2 Å². The van der Waals surface area contributed by atoms with Gasteiger partial charge in [0.15, 0.2) is 0 Å². The van der Waals surface area contributed by atoms with E-state index in [1.165, 1.54) is 0 Å². The monoisotopic (exact) mass is 257 g/mol. The molecule has 0 aliphatic rings. The molecular formula is C10H9Cl2N3O. The van der Waals surface area contributed by atoms with E-state index in [1.807, 2.05) is 0 Å². The van der Waals surface area contributed by atoms with Crippen molar-refractivity contribution in [1.29, 1.82) is 0 Å². The van der Waals surface area contributed by atoms with Gasteiger partial charge in [0.2, 0.25) is 11.8 Å². The molecule has 2 N–H and O–H groups in total. The summed E-state index contributed by atoms with van der Waals surface area (Å²) in [6, 6.07) is 4.81. The molecule has 0 radical (unpaired) electrons. The largest absolute Gasteiger partial charge is 0.419 e. The second-order valence-electron chi connectivity index (χ2n) is 3.36. The first kappa shape index (κ1) is 11.4. The van der Waals surface area contributed by atoms with Gasteiger partial charge in [-0.1, -0.05) is 23.2 Å². The lowest BCUT2D eigenvalue weighted by atomic mass is 10.2. The van der Waals surface area contributed by atoms with Gasteiger partial charge in [-0.3, -0.25) is 0 Å². The van der Waals surface area contributed by atoms with E-state index < -0.39 is 0 Å². The van der Waals surface area contributed by atoms with Gasteiger partial charge in [-0.15, -0.1) is 10.2 Å². The summed E-state index contributed by atoms with van der Waals surface area (Å²) < 4.78 is 5.38. The lowest BCUT2D eigenvalue weighted by molar-refractivity contribution is 0.473. The van der Waals surface area contributed by atoms with Crippen LogP contribution in [0.25, 0.3) is 11.5 Å². The van der Waals surface area contributed by atoms with Crippen molar-refractivity contribution in [2.45, 2.75) is 13.0 Å². The van der Waals surface area contributed by atoms with E-state index in [-0.39, 0.29) is 6.04 Å². The number of rotatable bonds is 2. The van der Waals surface area contributed by atoms with Crippen LogP contribution < -0.4 is 5.73 Å². The van der Waals surface area contributed by atoms with Crippen molar-refractivity contribution >= 4 is 23.2 Å². The standard InChI is InChI=1S/C10H9Cl2N3O/c1-5(13)9-14-15-10(16-9)6-2-3-7(11)8(12)4-6/h2-5H,13H2,1H3. The second-order valence-corrected chi connectivity index (χ2v) is 4.18. The number of aromatic nitrogens is 2. The Bertz CT molecular complexity index is 511. The molecule has 0 spiro atoms. The second kappa shape index (κ2) is 4.41. The predicted octanol–water partition coefficient (Wildman–Crippen LogP) is 3.06. The van der Waals surface area contributed by atoms with Crippen molar-refractivity contribution in [3.05, 3.63) is 34.1 Å². The molecule has 84 valence electrons. The van der Waals surface area contributed by atoms with Gasteiger partial charge in [0.05, 0.1) is 16.1 Å². The van der Waals surface area contributed by atoms with E-state index in [9.17, 15) is 0 Å². The molecule has 0 saturated heterocycles. The summed E-state index contributed by atoms with van der Waals surface area (Å²) in [5.41, 5.74) is 6.33. The number of hydrogen-bond donors (Lipinski definition) is 1. The summed E-state index contributed by atoms with van der Waals surface area (Å²) in [5.74, 6) is 0.770. The maximum atomic E-state index is 5.89. The summed E-state index contributed by atoms with van der Waals surface area (Å²) in [6.45, 7) is 1.77. The van der Waals surface area contributed by atoms with Crippen LogP contribution in [-0.4, -0.2) is 10.2 Å². The van der Waals surface area contributed by atoms with Gasteiger partial charge in [0, 0.05) is 5.56 Å². The Morgan fingerprint density at radius 2 is 2.00 bits per heavy atom. The van der Waals surface area contributed by atoms with Crippen LogP contribution >= 0.6 is 23.2 Å². The zero-order chi connectivity index (χ0) is 11.7. The third-order valence-electron chi connectivity index (χ3n) is 2.00. The summed E-state index contributed by atoms with van der Waals surface area (Å²) in [5, 5.41) is 8.63. The van der Waals surface area contributed by atoms with Crippen molar-refractivity contribution in [3.63, 3.8) is 0 Å². The molecule has 0 saturated carbocycles. The normalized spacial score (nSPS) is 12.8. The van der Waals surface area contributed by atoms with Crippen molar-refractivity contribution < 1.29 is 4.42 Å². The highest BCUT2D eigenvalue weighted by Gasteiger charge is 2.12. The Hall–Kier alpha value is -1.10. The van der Waals surface area contributed by atoms with Crippen LogP contribution in [0, 0.1) is 0 Å². The minimum Gasteiger partial charge on any atom is -0.419 e. The molecule has 2 rings (SSSR count). The first-order valence-corrected chi connectivity index (χ1v) is 5.38. The molecule has 2 aromatic rings. The third kappa shape index (κ3) is 2.19. The van der Waals surface area contributed by atoms with Crippen LogP contribution in [0.3, 0.4) is 0 Å². The minimum atomic E-state index is -0.288. The molecule has 4 nitrogen and oxygen atoms in total. The molecule has 0 aliphatic carbocycles. The number of benzene rings is 1. The first-order chi connectivity index (χ1) is 7.58.